The van der Waals surface area contributed by atoms with Crippen molar-refractivity contribution in [1.82, 2.24) is 15.0 Å². The topological polar surface area (TPSA) is 41.6 Å². The zero-order valence-corrected chi connectivity index (χ0v) is 11.8. The van der Waals surface area contributed by atoms with E-state index in [1.54, 1.807) is 11.3 Å². The third-order valence-corrected chi connectivity index (χ3v) is 2.65. The second-order valence-corrected chi connectivity index (χ2v) is 3.69. The average molecular weight is 267 g/mol. The molecule has 15 heavy (non-hydrogen) atoms. The van der Waals surface area contributed by atoms with Crippen molar-refractivity contribution in [3.05, 3.63) is 35.2 Å². The number of aromatic nitrogens is 3. The van der Waals surface area contributed by atoms with Gasteiger partial charge in [-0.3, -0.25) is 0 Å². The van der Waals surface area contributed by atoms with E-state index >= 15 is 0 Å². The molecule has 3 aromatic rings. The summed E-state index contributed by atoms with van der Waals surface area (Å²) in [5.74, 6) is 0.840. The number of para-hydroxylation sites is 2. The van der Waals surface area contributed by atoms with Crippen LogP contribution >= 0.6 is 11.3 Å². The number of imidazole rings is 1. The second kappa shape index (κ2) is 4.21. The van der Waals surface area contributed by atoms with Crippen LogP contribution in [0.4, 0.5) is 0 Å². The molecule has 0 saturated carbocycles. The van der Waals surface area contributed by atoms with Crippen LogP contribution in [0, 0.1) is 0 Å². The molecular formula is C10H7N3SZn. The zero-order chi connectivity index (χ0) is 9.38. The van der Waals surface area contributed by atoms with Crippen molar-refractivity contribution < 1.29 is 19.5 Å². The summed E-state index contributed by atoms with van der Waals surface area (Å²) >= 11 is 1.57. The Morgan fingerprint density at radius 3 is 2.80 bits per heavy atom. The number of fused-ring (bicyclic) bond motifs is 1. The standard InChI is InChI=1S/C10H7N3S.Zn/c1-2-4-8-7(3-1)12-10(13-8)9-5-14-6-11-9;/h1-6H,(H,12,13);. The molecule has 0 spiro atoms. The third kappa shape index (κ3) is 1.85. The number of H-pyrrole nitrogens is 1. The van der Waals surface area contributed by atoms with E-state index in [0.29, 0.717) is 0 Å². The molecule has 1 N–H and O–H groups in total. The van der Waals surface area contributed by atoms with Crippen molar-refractivity contribution >= 4 is 22.4 Å². The fraction of sp³-hybridized carbons (Fsp3) is 0. The third-order valence-electron chi connectivity index (χ3n) is 2.06. The Kier molecular flexibility index (Phi) is 2.94. The van der Waals surface area contributed by atoms with E-state index in [1.807, 2.05) is 35.2 Å². The molecular weight excluding hydrogens is 260 g/mol. The fourth-order valence-electron chi connectivity index (χ4n) is 1.40. The molecule has 0 aliphatic heterocycles. The summed E-state index contributed by atoms with van der Waals surface area (Å²) in [6, 6.07) is 7.97. The molecule has 0 atom stereocenters. The van der Waals surface area contributed by atoms with Gasteiger partial charge in [-0.15, -0.1) is 11.3 Å². The van der Waals surface area contributed by atoms with Gasteiger partial charge in [-0.25, -0.2) is 9.97 Å². The van der Waals surface area contributed by atoms with Gasteiger partial charge in [0.25, 0.3) is 0 Å². The average Bonchev–Trinajstić information content (AvgIpc) is 2.86. The maximum atomic E-state index is 4.44. The monoisotopic (exact) mass is 265 g/mol. The van der Waals surface area contributed by atoms with Gasteiger partial charge < -0.3 is 4.98 Å². The number of rotatable bonds is 1. The van der Waals surface area contributed by atoms with Gasteiger partial charge in [-0.1, -0.05) is 12.1 Å². The minimum atomic E-state index is 0. The number of aromatic amines is 1. The number of benzene rings is 1. The Labute approximate surface area is 103 Å². The van der Waals surface area contributed by atoms with Crippen LogP contribution in [0.25, 0.3) is 22.6 Å². The molecule has 3 nitrogen and oxygen atoms in total. The molecule has 0 fully saturated rings. The van der Waals surface area contributed by atoms with Crippen LogP contribution in [0.2, 0.25) is 0 Å². The van der Waals surface area contributed by atoms with Gasteiger partial charge in [-0.2, -0.15) is 0 Å². The maximum absolute atomic E-state index is 4.44. The molecule has 1 aromatic carbocycles. The Morgan fingerprint density at radius 1 is 1.20 bits per heavy atom. The summed E-state index contributed by atoms with van der Waals surface area (Å²) in [7, 11) is 0. The number of thiazole rings is 1. The summed E-state index contributed by atoms with van der Waals surface area (Å²) in [6.45, 7) is 0. The number of nitrogens with zero attached hydrogens (tertiary/aromatic N) is 2. The quantitative estimate of drug-likeness (QED) is 0.688. The zero-order valence-electron chi connectivity index (χ0n) is 7.97. The predicted molar refractivity (Wildman–Crippen MR) is 57.2 cm³/mol. The second-order valence-electron chi connectivity index (χ2n) is 2.98. The maximum Gasteiger partial charge on any atom is 0.158 e. The van der Waals surface area contributed by atoms with Crippen LogP contribution in [0.1, 0.15) is 0 Å². The smallest absolute Gasteiger partial charge is 0.158 e. The van der Waals surface area contributed by atoms with Gasteiger partial charge in [0, 0.05) is 24.9 Å². The van der Waals surface area contributed by atoms with E-state index in [2.05, 4.69) is 15.0 Å². The molecule has 70 valence electrons. The summed E-state index contributed by atoms with van der Waals surface area (Å²) in [5, 5.41) is 1.98. The first-order valence-corrected chi connectivity index (χ1v) is 5.21. The minimum absolute atomic E-state index is 0. The van der Waals surface area contributed by atoms with Crippen molar-refractivity contribution in [3.8, 4) is 11.5 Å². The van der Waals surface area contributed by atoms with Crippen molar-refractivity contribution in [2.24, 2.45) is 0 Å². The van der Waals surface area contributed by atoms with Crippen LogP contribution in [0.15, 0.2) is 35.2 Å². The molecule has 0 amide bonds. The first-order chi connectivity index (χ1) is 6.93. The van der Waals surface area contributed by atoms with Crippen molar-refractivity contribution in [2.45, 2.75) is 0 Å². The van der Waals surface area contributed by atoms with E-state index in [4.69, 9.17) is 0 Å². The van der Waals surface area contributed by atoms with Crippen LogP contribution < -0.4 is 0 Å². The molecule has 0 aliphatic rings. The number of nitrogens with one attached hydrogen (secondary N) is 1. The largest absolute Gasteiger partial charge is 0.337 e. The first-order valence-electron chi connectivity index (χ1n) is 4.27. The van der Waals surface area contributed by atoms with Crippen LogP contribution in [-0.2, 0) is 19.5 Å². The van der Waals surface area contributed by atoms with Gasteiger partial charge in [0.05, 0.1) is 16.5 Å². The van der Waals surface area contributed by atoms with E-state index < -0.39 is 0 Å². The van der Waals surface area contributed by atoms with E-state index in [1.165, 1.54) is 0 Å². The molecule has 3 rings (SSSR count). The molecule has 0 bridgehead atoms. The summed E-state index contributed by atoms with van der Waals surface area (Å²) in [6.07, 6.45) is 0. The van der Waals surface area contributed by atoms with Crippen LogP contribution in [0.3, 0.4) is 0 Å². The van der Waals surface area contributed by atoms with E-state index in [9.17, 15) is 0 Å². The Bertz CT molecular complexity index is 526. The van der Waals surface area contributed by atoms with Gasteiger partial charge in [0.2, 0.25) is 0 Å². The minimum Gasteiger partial charge on any atom is -0.337 e. The SMILES string of the molecule is [Zn].c1ccc2[nH]c(-c3cscn3)nc2c1. The van der Waals surface area contributed by atoms with Crippen molar-refractivity contribution in [1.29, 1.82) is 0 Å². The molecule has 2 aromatic heterocycles. The van der Waals surface area contributed by atoms with E-state index in [-0.39, 0.29) is 19.5 Å². The van der Waals surface area contributed by atoms with E-state index in [0.717, 1.165) is 22.6 Å². The van der Waals surface area contributed by atoms with Gasteiger partial charge in [-0.05, 0) is 12.1 Å². The molecule has 0 unspecified atom stereocenters. The van der Waals surface area contributed by atoms with Crippen molar-refractivity contribution in [3.63, 3.8) is 0 Å². The Balaban J connectivity index is 0.000000853. The van der Waals surface area contributed by atoms with Gasteiger partial charge >= 0.3 is 0 Å². The van der Waals surface area contributed by atoms with Gasteiger partial charge in [0.15, 0.2) is 5.82 Å². The fourth-order valence-corrected chi connectivity index (χ4v) is 1.94. The molecule has 0 saturated heterocycles. The summed E-state index contributed by atoms with van der Waals surface area (Å²) < 4.78 is 0. The summed E-state index contributed by atoms with van der Waals surface area (Å²) in [4.78, 5) is 11.9. The number of hydrogen-bond acceptors (Lipinski definition) is 3. The molecule has 0 radical (unpaired) electrons. The number of hydrogen-bond donors (Lipinski definition) is 1. The Hall–Kier alpha value is -1.06. The van der Waals surface area contributed by atoms with Crippen molar-refractivity contribution in [2.75, 3.05) is 0 Å². The first kappa shape index (κ1) is 10.5. The molecule has 2 heterocycles. The predicted octanol–water partition coefficient (Wildman–Crippen LogP) is 2.68. The normalized spacial score (nSPS) is 10.1. The summed E-state index contributed by atoms with van der Waals surface area (Å²) in [5.41, 5.74) is 4.75. The van der Waals surface area contributed by atoms with Gasteiger partial charge in [0.1, 0.15) is 5.69 Å². The molecule has 0 aliphatic carbocycles. The van der Waals surface area contributed by atoms with Crippen LogP contribution in [-0.4, -0.2) is 15.0 Å². The molecule has 5 heteroatoms. The van der Waals surface area contributed by atoms with Crippen LogP contribution in [0.5, 0.6) is 0 Å². The Morgan fingerprint density at radius 2 is 2.07 bits per heavy atom.